The van der Waals surface area contributed by atoms with Crippen molar-refractivity contribution in [1.82, 2.24) is 19.8 Å². The van der Waals surface area contributed by atoms with Crippen LogP contribution in [-0.4, -0.2) is 63.1 Å². The van der Waals surface area contributed by atoms with Crippen molar-refractivity contribution < 1.29 is 9.90 Å². The predicted molar refractivity (Wildman–Crippen MR) is 104 cm³/mol. The molecule has 1 aromatic carbocycles. The molecule has 0 spiro atoms. The molecule has 1 N–H and O–H groups in total. The van der Waals surface area contributed by atoms with Gasteiger partial charge in [-0.25, -0.2) is 0 Å². The first-order valence-electron chi connectivity index (χ1n) is 9.56. The highest BCUT2D eigenvalue weighted by Gasteiger charge is 2.42. The fourth-order valence-electron chi connectivity index (χ4n) is 3.73. The van der Waals surface area contributed by atoms with E-state index in [4.69, 9.17) is 0 Å². The van der Waals surface area contributed by atoms with E-state index < -0.39 is 5.60 Å². The van der Waals surface area contributed by atoms with Crippen LogP contribution in [0.25, 0.3) is 0 Å². The van der Waals surface area contributed by atoms with Gasteiger partial charge in [0, 0.05) is 44.8 Å². The summed E-state index contributed by atoms with van der Waals surface area (Å²) in [6.07, 6.45) is 8.17. The molecule has 1 aliphatic rings. The lowest BCUT2D eigenvalue weighted by molar-refractivity contribution is -0.159. The van der Waals surface area contributed by atoms with E-state index in [1.54, 1.807) is 18.6 Å². The van der Waals surface area contributed by atoms with Crippen molar-refractivity contribution in [3.8, 4) is 0 Å². The summed E-state index contributed by atoms with van der Waals surface area (Å²) >= 11 is 0. The number of hydrogen-bond acceptors (Lipinski definition) is 5. The van der Waals surface area contributed by atoms with Gasteiger partial charge in [0.05, 0.1) is 5.69 Å². The number of benzene rings is 1. The predicted octanol–water partition coefficient (Wildman–Crippen LogP) is 1.89. The third-order valence-electron chi connectivity index (χ3n) is 5.02. The van der Waals surface area contributed by atoms with Crippen LogP contribution < -0.4 is 0 Å². The molecule has 27 heavy (non-hydrogen) atoms. The first-order chi connectivity index (χ1) is 13.1. The van der Waals surface area contributed by atoms with Gasteiger partial charge < -0.3 is 10.0 Å². The molecular weight excluding hydrogens is 340 g/mol. The molecular formula is C21H28N4O2. The Morgan fingerprint density at radius 2 is 2.07 bits per heavy atom. The van der Waals surface area contributed by atoms with E-state index in [0.29, 0.717) is 26.1 Å². The average molecular weight is 368 g/mol. The third-order valence-corrected chi connectivity index (χ3v) is 5.02. The summed E-state index contributed by atoms with van der Waals surface area (Å²) in [4.78, 5) is 25.0. The zero-order chi connectivity index (χ0) is 19.1. The number of aromatic nitrogens is 2. The van der Waals surface area contributed by atoms with Gasteiger partial charge in [0.25, 0.3) is 5.91 Å². The maximum atomic E-state index is 12.9. The second-order valence-electron chi connectivity index (χ2n) is 7.39. The molecule has 1 amide bonds. The SMILES string of the molecule is CN(Cc1cnccn1)C[C@@]1(O)CCCN(CCCc2ccccc2)C1=O. The molecule has 6 nitrogen and oxygen atoms in total. The number of piperidine rings is 1. The largest absolute Gasteiger partial charge is 0.379 e. The van der Waals surface area contributed by atoms with Gasteiger partial charge in [-0.1, -0.05) is 30.3 Å². The average Bonchev–Trinajstić information content (AvgIpc) is 2.67. The van der Waals surface area contributed by atoms with E-state index in [0.717, 1.165) is 31.5 Å². The van der Waals surface area contributed by atoms with Gasteiger partial charge in [-0.05, 0) is 38.3 Å². The molecule has 6 heteroatoms. The Morgan fingerprint density at radius 1 is 1.26 bits per heavy atom. The Balaban J connectivity index is 1.53. The highest BCUT2D eigenvalue weighted by Crippen LogP contribution is 2.24. The van der Waals surface area contributed by atoms with E-state index in [1.807, 2.05) is 35.0 Å². The fourth-order valence-corrected chi connectivity index (χ4v) is 3.73. The molecule has 1 aliphatic heterocycles. The molecule has 0 aliphatic carbocycles. The Bertz CT molecular complexity index is 725. The lowest BCUT2D eigenvalue weighted by atomic mass is 9.91. The number of likely N-dealkylation sites (tertiary alicyclic amines) is 1. The Kier molecular flexibility index (Phi) is 6.53. The zero-order valence-electron chi connectivity index (χ0n) is 15.9. The van der Waals surface area contributed by atoms with Crippen LogP contribution in [0.3, 0.4) is 0 Å². The number of aryl methyl sites for hydroxylation is 1. The van der Waals surface area contributed by atoms with Gasteiger partial charge in [0.15, 0.2) is 5.60 Å². The summed E-state index contributed by atoms with van der Waals surface area (Å²) in [5, 5.41) is 11.0. The second kappa shape index (κ2) is 9.06. The van der Waals surface area contributed by atoms with E-state index in [1.165, 1.54) is 5.56 Å². The number of carbonyl (C=O) groups is 1. The summed E-state index contributed by atoms with van der Waals surface area (Å²) < 4.78 is 0. The Labute approximate surface area is 160 Å². The van der Waals surface area contributed by atoms with Crippen molar-refractivity contribution in [3.05, 3.63) is 60.2 Å². The van der Waals surface area contributed by atoms with Crippen LogP contribution in [0.15, 0.2) is 48.9 Å². The standard InChI is InChI=1S/C21H28N4O2/c1-24(16-19-15-22-11-12-23-19)17-21(27)10-6-14-25(20(21)26)13-5-9-18-7-3-2-4-8-18/h2-4,7-8,11-12,15,27H,5-6,9-10,13-14,16-17H2,1H3/t21-/m0/s1. The van der Waals surface area contributed by atoms with Crippen LogP contribution in [0, 0.1) is 0 Å². The maximum Gasteiger partial charge on any atom is 0.255 e. The molecule has 0 unspecified atom stereocenters. The van der Waals surface area contributed by atoms with Gasteiger partial charge in [-0.2, -0.15) is 0 Å². The van der Waals surface area contributed by atoms with Gasteiger partial charge in [-0.3, -0.25) is 19.7 Å². The number of amides is 1. The highest BCUT2D eigenvalue weighted by atomic mass is 16.3. The summed E-state index contributed by atoms with van der Waals surface area (Å²) in [5.41, 5.74) is 0.787. The van der Waals surface area contributed by atoms with Gasteiger partial charge in [0.2, 0.25) is 0 Å². The molecule has 1 aromatic heterocycles. The normalized spacial score (nSPS) is 20.3. The van der Waals surface area contributed by atoms with Crippen LogP contribution >= 0.6 is 0 Å². The van der Waals surface area contributed by atoms with E-state index in [-0.39, 0.29) is 5.91 Å². The van der Waals surface area contributed by atoms with Crippen LogP contribution in [-0.2, 0) is 17.8 Å². The minimum Gasteiger partial charge on any atom is -0.379 e. The molecule has 144 valence electrons. The molecule has 2 heterocycles. The van der Waals surface area contributed by atoms with Gasteiger partial charge in [-0.15, -0.1) is 0 Å². The fraction of sp³-hybridized carbons (Fsp3) is 0.476. The molecule has 1 saturated heterocycles. The van der Waals surface area contributed by atoms with Gasteiger partial charge >= 0.3 is 0 Å². The summed E-state index contributed by atoms with van der Waals surface area (Å²) in [6, 6.07) is 10.3. The van der Waals surface area contributed by atoms with E-state index in [9.17, 15) is 9.90 Å². The third kappa shape index (κ3) is 5.34. The number of aliphatic hydroxyl groups is 1. The number of nitrogens with zero attached hydrogens (tertiary/aromatic N) is 4. The first kappa shape index (κ1) is 19.5. The number of rotatable bonds is 8. The Hall–Kier alpha value is -2.31. The van der Waals surface area contributed by atoms with Crippen LogP contribution in [0.1, 0.15) is 30.5 Å². The van der Waals surface area contributed by atoms with E-state index >= 15 is 0 Å². The number of likely N-dealkylation sites (N-methyl/N-ethyl adjacent to an activating group) is 1. The zero-order valence-corrected chi connectivity index (χ0v) is 15.9. The van der Waals surface area contributed by atoms with Crippen molar-refractivity contribution >= 4 is 5.91 Å². The first-order valence-corrected chi connectivity index (χ1v) is 9.56. The Morgan fingerprint density at radius 3 is 2.81 bits per heavy atom. The van der Waals surface area contributed by atoms with Crippen molar-refractivity contribution in [2.24, 2.45) is 0 Å². The second-order valence-corrected chi connectivity index (χ2v) is 7.39. The summed E-state index contributed by atoms with van der Waals surface area (Å²) in [7, 11) is 1.90. The molecule has 1 atom stereocenters. The minimum atomic E-state index is -1.32. The summed E-state index contributed by atoms with van der Waals surface area (Å²) in [6.45, 7) is 2.27. The molecule has 3 rings (SSSR count). The lowest BCUT2D eigenvalue weighted by Crippen LogP contribution is -2.58. The molecule has 1 fully saturated rings. The van der Waals surface area contributed by atoms with Crippen molar-refractivity contribution in [3.63, 3.8) is 0 Å². The highest BCUT2D eigenvalue weighted by molar-refractivity contribution is 5.86. The maximum absolute atomic E-state index is 12.9. The number of carbonyl (C=O) groups excluding carboxylic acids is 1. The van der Waals surface area contributed by atoms with Crippen LogP contribution in [0.5, 0.6) is 0 Å². The summed E-state index contributed by atoms with van der Waals surface area (Å²) in [5.74, 6) is -0.146. The quantitative estimate of drug-likeness (QED) is 0.771. The lowest BCUT2D eigenvalue weighted by Gasteiger charge is -2.40. The van der Waals surface area contributed by atoms with E-state index in [2.05, 4.69) is 22.1 Å². The van der Waals surface area contributed by atoms with Crippen molar-refractivity contribution in [2.75, 3.05) is 26.7 Å². The smallest absolute Gasteiger partial charge is 0.255 e. The number of hydrogen-bond donors (Lipinski definition) is 1. The van der Waals surface area contributed by atoms with Crippen molar-refractivity contribution in [2.45, 2.75) is 37.8 Å². The van der Waals surface area contributed by atoms with Crippen LogP contribution in [0.4, 0.5) is 0 Å². The minimum absolute atomic E-state index is 0.146. The topological polar surface area (TPSA) is 69.6 Å². The molecule has 2 aromatic rings. The van der Waals surface area contributed by atoms with Crippen molar-refractivity contribution in [1.29, 1.82) is 0 Å². The van der Waals surface area contributed by atoms with Crippen LogP contribution in [0.2, 0.25) is 0 Å². The molecule has 0 radical (unpaired) electrons. The monoisotopic (exact) mass is 368 g/mol. The van der Waals surface area contributed by atoms with Gasteiger partial charge in [0.1, 0.15) is 0 Å². The molecule has 0 bridgehead atoms. The molecule has 0 saturated carbocycles.